The third-order valence-corrected chi connectivity index (χ3v) is 2.07. The molecule has 1 rings (SSSR count). The van der Waals surface area contributed by atoms with E-state index in [9.17, 15) is 5.11 Å². The van der Waals surface area contributed by atoms with Gasteiger partial charge in [-0.25, -0.2) is 0 Å². The second-order valence-electron chi connectivity index (χ2n) is 4.30. The van der Waals surface area contributed by atoms with Gasteiger partial charge in [0, 0.05) is 6.42 Å². The van der Waals surface area contributed by atoms with Gasteiger partial charge in [0.05, 0.1) is 12.7 Å². The fraction of sp³-hybridized carbons (Fsp3) is 0.500. The predicted octanol–water partition coefficient (Wildman–Crippen LogP) is 2.32. The highest BCUT2D eigenvalue weighted by Gasteiger charge is 2.16. The summed E-state index contributed by atoms with van der Waals surface area (Å²) in [7, 11) is 1.66. The molecule has 0 spiro atoms. The van der Waals surface area contributed by atoms with Crippen molar-refractivity contribution in [2.45, 2.75) is 32.8 Å². The Morgan fingerprint density at radius 2 is 2.00 bits per heavy atom. The monoisotopic (exact) mass is 194 g/mol. The smallest absolute Gasteiger partial charge is 0.122 e. The molecule has 1 aromatic carbocycles. The lowest BCUT2D eigenvalue weighted by molar-refractivity contribution is 0.0803. The van der Waals surface area contributed by atoms with Crippen LogP contribution in [0.2, 0.25) is 0 Å². The highest BCUT2D eigenvalue weighted by molar-refractivity contribution is 5.37. The number of aliphatic hydroxyl groups is 1. The topological polar surface area (TPSA) is 29.5 Å². The summed E-state index contributed by atoms with van der Waals surface area (Å²) in [6.45, 7) is 5.62. The van der Waals surface area contributed by atoms with Crippen molar-refractivity contribution in [3.05, 3.63) is 29.3 Å². The van der Waals surface area contributed by atoms with Gasteiger partial charge in [0.1, 0.15) is 5.75 Å². The Labute approximate surface area is 85.5 Å². The molecule has 0 amide bonds. The quantitative estimate of drug-likeness (QED) is 0.800. The van der Waals surface area contributed by atoms with E-state index in [2.05, 4.69) is 0 Å². The molecule has 0 heterocycles. The van der Waals surface area contributed by atoms with E-state index < -0.39 is 5.60 Å². The number of aryl methyl sites for hydroxylation is 1. The molecule has 14 heavy (non-hydrogen) atoms. The standard InChI is InChI=1S/C12H18O2/c1-9-5-6-10(8-12(2,3)13)11(7-9)14-4/h5-7,13H,8H2,1-4H3. The van der Waals surface area contributed by atoms with Gasteiger partial charge in [-0.3, -0.25) is 0 Å². The molecule has 0 saturated carbocycles. The molecule has 0 fully saturated rings. The third kappa shape index (κ3) is 3.04. The van der Waals surface area contributed by atoms with Crippen LogP contribution in [0.25, 0.3) is 0 Å². The molecule has 0 aromatic heterocycles. The summed E-state index contributed by atoms with van der Waals surface area (Å²) >= 11 is 0. The number of rotatable bonds is 3. The summed E-state index contributed by atoms with van der Waals surface area (Å²) in [6, 6.07) is 6.02. The van der Waals surface area contributed by atoms with Crippen LogP contribution in [0, 0.1) is 6.92 Å². The summed E-state index contributed by atoms with van der Waals surface area (Å²) in [5, 5.41) is 9.70. The van der Waals surface area contributed by atoms with Gasteiger partial charge >= 0.3 is 0 Å². The number of hydrogen-bond donors (Lipinski definition) is 1. The lowest BCUT2D eigenvalue weighted by Crippen LogP contribution is -2.22. The lowest BCUT2D eigenvalue weighted by Gasteiger charge is -2.19. The number of hydrogen-bond acceptors (Lipinski definition) is 2. The molecule has 2 heteroatoms. The minimum Gasteiger partial charge on any atom is -0.496 e. The van der Waals surface area contributed by atoms with Crippen LogP contribution in [0.15, 0.2) is 18.2 Å². The molecule has 78 valence electrons. The molecule has 0 unspecified atom stereocenters. The second-order valence-corrected chi connectivity index (χ2v) is 4.30. The van der Waals surface area contributed by atoms with Crippen molar-refractivity contribution in [3.63, 3.8) is 0 Å². The minimum absolute atomic E-state index is 0.608. The van der Waals surface area contributed by atoms with Crippen molar-refractivity contribution >= 4 is 0 Å². The van der Waals surface area contributed by atoms with Crippen molar-refractivity contribution in [2.75, 3.05) is 7.11 Å². The van der Waals surface area contributed by atoms with Gasteiger partial charge in [0.2, 0.25) is 0 Å². The van der Waals surface area contributed by atoms with Gasteiger partial charge in [0.15, 0.2) is 0 Å². The Hall–Kier alpha value is -1.02. The summed E-state index contributed by atoms with van der Waals surface area (Å²) in [6.07, 6.45) is 0.608. The molecular weight excluding hydrogens is 176 g/mol. The number of ether oxygens (including phenoxy) is 1. The molecule has 0 bridgehead atoms. The van der Waals surface area contributed by atoms with Crippen LogP contribution >= 0.6 is 0 Å². The molecular formula is C12H18O2. The van der Waals surface area contributed by atoms with Gasteiger partial charge in [-0.15, -0.1) is 0 Å². The van der Waals surface area contributed by atoms with Crippen molar-refractivity contribution in [1.29, 1.82) is 0 Å². The van der Waals surface area contributed by atoms with Crippen LogP contribution in [0.5, 0.6) is 5.75 Å². The normalized spacial score (nSPS) is 11.5. The van der Waals surface area contributed by atoms with Crippen LogP contribution in [0.4, 0.5) is 0 Å². The molecule has 2 nitrogen and oxygen atoms in total. The first kappa shape index (κ1) is 11.1. The van der Waals surface area contributed by atoms with Gasteiger partial charge in [-0.05, 0) is 38.0 Å². The van der Waals surface area contributed by atoms with Gasteiger partial charge in [-0.1, -0.05) is 12.1 Å². The molecule has 0 atom stereocenters. The fourth-order valence-corrected chi connectivity index (χ4v) is 1.46. The highest BCUT2D eigenvalue weighted by Crippen LogP contribution is 2.24. The number of methoxy groups -OCH3 is 1. The maximum absolute atomic E-state index is 9.70. The van der Waals surface area contributed by atoms with Crippen molar-refractivity contribution in [1.82, 2.24) is 0 Å². The van der Waals surface area contributed by atoms with E-state index in [4.69, 9.17) is 4.74 Å². The second kappa shape index (κ2) is 4.01. The van der Waals surface area contributed by atoms with Crippen LogP contribution in [-0.2, 0) is 6.42 Å². The first-order valence-electron chi connectivity index (χ1n) is 4.78. The SMILES string of the molecule is COc1cc(C)ccc1CC(C)(C)O. The Bertz CT molecular complexity index is 311. The minimum atomic E-state index is -0.692. The average Bonchev–Trinajstić information content (AvgIpc) is 2.06. The lowest BCUT2D eigenvalue weighted by atomic mass is 9.97. The van der Waals surface area contributed by atoms with E-state index in [1.54, 1.807) is 21.0 Å². The van der Waals surface area contributed by atoms with E-state index >= 15 is 0 Å². The zero-order valence-electron chi connectivity index (χ0n) is 9.29. The molecule has 1 aromatic rings. The third-order valence-electron chi connectivity index (χ3n) is 2.07. The van der Waals surface area contributed by atoms with Crippen LogP contribution < -0.4 is 4.74 Å². The highest BCUT2D eigenvalue weighted by atomic mass is 16.5. The molecule has 0 aliphatic heterocycles. The van der Waals surface area contributed by atoms with Crippen molar-refractivity contribution in [3.8, 4) is 5.75 Å². The molecule has 0 aliphatic rings. The van der Waals surface area contributed by atoms with E-state index in [0.717, 1.165) is 11.3 Å². The molecule has 0 saturated heterocycles. The molecule has 0 aliphatic carbocycles. The Morgan fingerprint density at radius 3 is 2.50 bits per heavy atom. The first-order valence-corrected chi connectivity index (χ1v) is 4.78. The van der Waals surface area contributed by atoms with E-state index in [1.807, 2.05) is 25.1 Å². The van der Waals surface area contributed by atoms with Crippen LogP contribution in [-0.4, -0.2) is 17.8 Å². The summed E-state index contributed by atoms with van der Waals surface area (Å²) in [4.78, 5) is 0. The Morgan fingerprint density at radius 1 is 1.36 bits per heavy atom. The van der Waals surface area contributed by atoms with Gasteiger partial charge in [-0.2, -0.15) is 0 Å². The zero-order valence-corrected chi connectivity index (χ0v) is 9.29. The summed E-state index contributed by atoms with van der Waals surface area (Å²) < 4.78 is 5.26. The largest absolute Gasteiger partial charge is 0.496 e. The van der Waals surface area contributed by atoms with Crippen LogP contribution in [0.1, 0.15) is 25.0 Å². The zero-order chi connectivity index (χ0) is 10.8. The predicted molar refractivity (Wildman–Crippen MR) is 57.7 cm³/mol. The summed E-state index contributed by atoms with van der Waals surface area (Å²) in [5.41, 5.74) is 1.52. The molecule has 0 radical (unpaired) electrons. The number of benzene rings is 1. The maximum atomic E-state index is 9.70. The van der Waals surface area contributed by atoms with Crippen molar-refractivity contribution in [2.24, 2.45) is 0 Å². The van der Waals surface area contributed by atoms with Crippen LogP contribution in [0.3, 0.4) is 0 Å². The summed E-state index contributed by atoms with van der Waals surface area (Å²) in [5.74, 6) is 0.854. The Kier molecular flexibility index (Phi) is 3.17. The first-order chi connectivity index (χ1) is 6.42. The fourth-order valence-electron chi connectivity index (χ4n) is 1.46. The Balaban J connectivity index is 2.97. The van der Waals surface area contributed by atoms with Crippen molar-refractivity contribution < 1.29 is 9.84 Å². The van der Waals surface area contributed by atoms with E-state index in [-0.39, 0.29) is 0 Å². The van der Waals surface area contributed by atoms with Gasteiger partial charge in [0.25, 0.3) is 0 Å². The van der Waals surface area contributed by atoms with E-state index in [0.29, 0.717) is 6.42 Å². The maximum Gasteiger partial charge on any atom is 0.122 e. The van der Waals surface area contributed by atoms with E-state index in [1.165, 1.54) is 5.56 Å². The molecule has 1 N–H and O–H groups in total. The average molecular weight is 194 g/mol. The van der Waals surface area contributed by atoms with Gasteiger partial charge < -0.3 is 9.84 Å².